The minimum absolute atomic E-state index is 0.0926. The largest absolute Gasteiger partial charge is 0.378 e. The molecule has 0 spiro atoms. The lowest BCUT2D eigenvalue weighted by Gasteiger charge is -2.22. The molecule has 1 atom stereocenters. The van der Waals surface area contributed by atoms with E-state index >= 15 is 0 Å². The highest BCUT2D eigenvalue weighted by Gasteiger charge is 2.20. The van der Waals surface area contributed by atoms with Crippen LogP contribution in [0.4, 0.5) is 14.3 Å². The van der Waals surface area contributed by atoms with Gasteiger partial charge in [0, 0.05) is 31.4 Å². The summed E-state index contributed by atoms with van der Waals surface area (Å²) in [5, 5.41) is 13.5. The summed E-state index contributed by atoms with van der Waals surface area (Å²) in [6, 6.07) is 5.31. The van der Waals surface area contributed by atoms with Gasteiger partial charge in [0.1, 0.15) is 11.9 Å². The average Bonchev–Trinajstić information content (AvgIpc) is 3.14. The van der Waals surface area contributed by atoms with Gasteiger partial charge in [-0.25, -0.2) is 14.2 Å². The van der Waals surface area contributed by atoms with Crippen LogP contribution in [0.3, 0.4) is 0 Å². The SMILES string of the molecule is O=C(NCc1cccc(F)c1)Nc1nc(CCNC(=O)C2COCCN2)cs1. The average molecular weight is 407 g/mol. The van der Waals surface area contributed by atoms with Gasteiger partial charge in [0.2, 0.25) is 5.91 Å². The molecule has 3 amide bonds. The quantitative estimate of drug-likeness (QED) is 0.553. The molecule has 2 aromatic rings. The predicted octanol–water partition coefficient (Wildman–Crippen LogP) is 1.25. The highest BCUT2D eigenvalue weighted by atomic mass is 32.1. The summed E-state index contributed by atoms with van der Waals surface area (Å²) in [7, 11) is 0. The topological polar surface area (TPSA) is 104 Å². The number of anilines is 1. The first-order chi connectivity index (χ1) is 13.6. The van der Waals surface area contributed by atoms with Crippen molar-refractivity contribution in [3.63, 3.8) is 0 Å². The number of amides is 3. The first-order valence-electron chi connectivity index (χ1n) is 8.93. The molecule has 0 radical (unpaired) electrons. The summed E-state index contributed by atoms with van der Waals surface area (Å²) < 4.78 is 18.4. The summed E-state index contributed by atoms with van der Waals surface area (Å²) in [5.74, 6) is -0.437. The monoisotopic (exact) mass is 407 g/mol. The molecular formula is C18H22FN5O3S. The zero-order valence-corrected chi connectivity index (χ0v) is 16.0. The minimum Gasteiger partial charge on any atom is -0.378 e. The molecule has 0 aliphatic carbocycles. The molecule has 2 heterocycles. The lowest BCUT2D eigenvalue weighted by atomic mass is 10.2. The molecule has 1 aliphatic heterocycles. The number of rotatable bonds is 7. The predicted molar refractivity (Wildman–Crippen MR) is 104 cm³/mol. The van der Waals surface area contributed by atoms with E-state index in [4.69, 9.17) is 4.74 Å². The molecule has 1 aromatic heterocycles. The van der Waals surface area contributed by atoms with Crippen molar-refractivity contribution in [2.75, 3.05) is 31.6 Å². The third-order valence-corrected chi connectivity index (χ3v) is 4.84. The van der Waals surface area contributed by atoms with Gasteiger partial charge in [-0.2, -0.15) is 0 Å². The second-order valence-corrected chi connectivity index (χ2v) is 7.06. The van der Waals surface area contributed by atoms with Gasteiger partial charge in [-0.15, -0.1) is 11.3 Å². The van der Waals surface area contributed by atoms with E-state index < -0.39 is 6.03 Å². The van der Waals surface area contributed by atoms with Crippen molar-refractivity contribution in [1.82, 2.24) is 20.9 Å². The molecule has 1 saturated heterocycles. The van der Waals surface area contributed by atoms with Gasteiger partial charge >= 0.3 is 6.03 Å². The first-order valence-corrected chi connectivity index (χ1v) is 9.80. The maximum atomic E-state index is 13.1. The highest BCUT2D eigenvalue weighted by Crippen LogP contribution is 2.15. The smallest absolute Gasteiger partial charge is 0.321 e. The van der Waals surface area contributed by atoms with Gasteiger partial charge in [0.25, 0.3) is 0 Å². The van der Waals surface area contributed by atoms with Crippen LogP contribution in [-0.2, 0) is 22.5 Å². The second kappa shape index (κ2) is 10.1. The van der Waals surface area contributed by atoms with E-state index in [2.05, 4.69) is 26.3 Å². The molecule has 8 nitrogen and oxygen atoms in total. The van der Waals surface area contributed by atoms with Gasteiger partial charge in [0.15, 0.2) is 5.13 Å². The lowest BCUT2D eigenvalue weighted by molar-refractivity contribution is -0.125. The molecule has 1 unspecified atom stereocenters. The van der Waals surface area contributed by atoms with Crippen LogP contribution in [-0.4, -0.2) is 49.3 Å². The lowest BCUT2D eigenvalue weighted by Crippen LogP contribution is -2.51. The van der Waals surface area contributed by atoms with Crippen LogP contribution in [0.1, 0.15) is 11.3 Å². The standard InChI is InChI=1S/C18H22FN5O3S/c19-13-3-1-2-12(8-13)9-22-17(26)24-18-23-14(11-28-18)4-5-21-16(25)15-10-27-7-6-20-15/h1-3,8,11,15,20H,4-7,9-10H2,(H,21,25)(H2,22,23,24,26). The van der Waals surface area contributed by atoms with Gasteiger partial charge in [-0.3, -0.25) is 10.1 Å². The van der Waals surface area contributed by atoms with Gasteiger partial charge in [-0.1, -0.05) is 12.1 Å². The highest BCUT2D eigenvalue weighted by molar-refractivity contribution is 7.13. The van der Waals surface area contributed by atoms with Crippen molar-refractivity contribution in [2.45, 2.75) is 19.0 Å². The number of aromatic nitrogens is 1. The van der Waals surface area contributed by atoms with E-state index in [1.807, 2.05) is 5.38 Å². The Kier molecular flexibility index (Phi) is 7.29. The Morgan fingerprint density at radius 3 is 3.04 bits per heavy atom. The maximum absolute atomic E-state index is 13.1. The van der Waals surface area contributed by atoms with Crippen molar-refractivity contribution < 1.29 is 18.7 Å². The number of carbonyl (C=O) groups excluding carboxylic acids is 2. The molecule has 0 saturated carbocycles. The molecule has 150 valence electrons. The number of ether oxygens (including phenoxy) is 1. The van der Waals surface area contributed by atoms with Crippen molar-refractivity contribution >= 4 is 28.4 Å². The summed E-state index contributed by atoms with van der Waals surface area (Å²) in [6.45, 7) is 2.33. The summed E-state index contributed by atoms with van der Waals surface area (Å²) in [5.41, 5.74) is 1.45. The number of morpholine rings is 1. The van der Waals surface area contributed by atoms with Crippen molar-refractivity contribution in [3.8, 4) is 0 Å². The van der Waals surface area contributed by atoms with Gasteiger partial charge < -0.3 is 20.7 Å². The van der Waals surface area contributed by atoms with Gasteiger partial charge in [-0.05, 0) is 17.7 Å². The number of hydrogen-bond acceptors (Lipinski definition) is 6. The normalized spacial score (nSPS) is 16.4. The molecular weight excluding hydrogens is 385 g/mol. The molecule has 4 N–H and O–H groups in total. The van der Waals surface area contributed by atoms with Gasteiger partial charge in [0.05, 0.1) is 18.9 Å². The third kappa shape index (κ3) is 6.25. The number of benzene rings is 1. The number of hydrogen-bond donors (Lipinski definition) is 4. The van der Waals surface area contributed by atoms with E-state index in [0.717, 1.165) is 5.69 Å². The van der Waals surface area contributed by atoms with E-state index in [0.29, 0.717) is 43.4 Å². The molecule has 3 rings (SSSR count). The third-order valence-electron chi connectivity index (χ3n) is 4.03. The second-order valence-electron chi connectivity index (χ2n) is 6.20. The molecule has 10 heteroatoms. The van der Waals surface area contributed by atoms with Crippen LogP contribution in [0.25, 0.3) is 0 Å². The molecule has 28 heavy (non-hydrogen) atoms. The Hall–Kier alpha value is -2.56. The van der Waals surface area contributed by atoms with E-state index in [-0.39, 0.29) is 24.3 Å². The first kappa shape index (κ1) is 20.2. The van der Waals surface area contributed by atoms with Crippen LogP contribution in [0.5, 0.6) is 0 Å². The Labute approximate surface area is 165 Å². The summed E-state index contributed by atoms with van der Waals surface area (Å²) >= 11 is 1.30. The van der Waals surface area contributed by atoms with Crippen LogP contribution >= 0.6 is 11.3 Å². The van der Waals surface area contributed by atoms with Crippen LogP contribution in [0.15, 0.2) is 29.6 Å². The summed E-state index contributed by atoms with van der Waals surface area (Å²) in [4.78, 5) is 28.2. The number of nitrogens with one attached hydrogen (secondary N) is 4. The van der Waals surface area contributed by atoms with E-state index in [1.54, 1.807) is 12.1 Å². The number of carbonyl (C=O) groups is 2. The van der Waals surface area contributed by atoms with Crippen LogP contribution in [0.2, 0.25) is 0 Å². The molecule has 0 bridgehead atoms. The van der Waals surface area contributed by atoms with Crippen LogP contribution < -0.4 is 21.3 Å². The Bertz CT molecular complexity index is 810. The fourth-order valence-corrected chi connectivity index (χ4v) is 3.36. The number of halogens is 1. The fraction of sp³-hybridized carbons (Fsp3) is 0.389. The minimum atomic E-state index is -0.415. The van der Waals surface area contributed by atoms with E-state index in [9.17, 15) is 14.0 Å². The number of urea groups is 1. The Morgan fingerprint density at radius 1 is 1.36 bits per heavy atom. The zero-order valence-electron chi connectivity index (χ0n) is 15.2. The number of nitrogens with zero attached hydrogens (tertiary/aromatic N) is 1. The van der Waals surface area contributed by atoms with Crippen molar-refractivity contribution in [3.05, 3.63) is 46.7 Å². The Morgan fingerprint density at radius 2 is 2.25 bits per heavy atom. The molecule has 1 fully saturated rings. The molecule has 1 aliphatic rings. The number of thiazole rings is 1. The molecule has 1 aromatic carbocycles. The van der Waals surface area contributed by atoms with E-state index in [1.165, 1.54) is 23.5 Å². The van der Waals surface area contributed by atoms with Crippen molar-refractivity contribution in [2.24, 2.45) is 0 Å². The summed E-state index contributed by atoms with van der Waals surface area (Å²) in [6.07, 6.45) is 0.558. The van der Waals surface area contributed by atoms with Crippen LogP contribution in [0, 0.1) is 5.82 Å². The fourth-order valence-electron chi connectivity index (χ4n) is 2.62. The maximum Gasteiger partial charge on any atom is 0.321 e. The Balaban J connectivity index is 1.37. The zero-order chi connectivity index (χ0) is 19.8. The van der Waals surface area contributed by atoms with Crippen molar-refractivity contribution in [1.29, 1.82) is 0 Å².